The maximum absolute atomic E-state index is 13.3. The molecular formula is C50H36F5NO4. The largest absolute Gasteiger partial charge is 0.508 e. The van der Waals surface area contributed by atoms with E-state index in [0.29, 0.717) is 22.3 Å². The Labute approximate surface area is 343 Å². The van der Waals surface area contributed by atoms with Crippen molar-refractivity contribution in [2.24, 2.45) is 0 Å². The smallest absolute Gasteiger partial charge is 0.417 e. The normalized spacial score (nSPS) is 10.3. The lowest BCUT2D eigenvalue weighted by atomic mass is 9.99. The molecule has 0 saturated heterocycles. The Morgan fingerprint density at radius 3 is 1.23 bits per heavy atom. The molecule has 0 fully saturated rings. The van der Waals surface area contributed by atoms with Gasteiger partial charge in [-0.25, -0.2) is 8.78 Å². The molecule has 0 aliphatic heterocycles. The lowest BCUT2D eigenvalue weighted by molar-refractivity contribution is -0.137. The second kappa shape index (κ2) is 20.5. The molecule has 0 heterocycles. The zero-order chi connectivity index (χ0) is 43.1. The van der Waals surface area contributed by atoms with Gasteiger partial charge in [0.25, 0.3) is 0 Å². The molecule has 0 aliphatic rings. The van der Waals surface area contributed by atoms with Crippen molar-refractivity contribution in [2.75, 3.05) is 0 Å². The summed E-state index contributed by atoms with van der Waals surface area (Å²) in [6.07, 6.45) is -4.40. The van der Waals surface area contributed by atoms with Crippen LogP contribution in [0.4, 0.5) is 22.0 Å². The molecule has 0 bridgehead atoms. The van der Waals surface area contributed by atoms with Crippen LogP contribution in [0.25, 0.3) is 44.5 Å². The average Bonchev–Trinajstić information content (AvgIpc) is 3.24. The van der Waals surface area contributed by atoms with Crippen molar-refractivity contribution in [3.8, 4) is 73.6 Å². The van der Waals surface area contributed by atoms with Crippen molar-refractivity contribution in [1.29, 1.82) is 5.26 Å². The number of hydrogen-bond acceptors (Lipinski definition) is 5. The number of rotatable bonds is 4. The second-order valence-corrected chi connectivity index (χ2v) is 12.9. The standard InChI is InChI=1S/C13H9F3O.C13H9NO.2C12H9FO/c14-13(15,16)12-7-2-1-6-11(12)9-4-3-5-10(17)8-9;14-9-10-3-1-4-11(7-10)12-5-2-6-13(15)8-12;13-11-5-1-3-9(7-11)10-4-2-6-12(14)8-10;13-12-7-2-1-6-11(12)9-4-3-5-10(14)8-9/h1-8,17H;1-8,15H;2*1-8,14H. The number of benzene rings is 8. The number of nitriles is 1. The zero-order valence-electron chi connectivity index (χ0n) is 31.6. The van der Waals surface area contributed by atoms with Gasteiger partial charge in [-0.3, -0.25) is 0 Å². The molecule has 10 heteroatoms. The molecule has 0 atom stereocenters. The van der Waals surface area contributed by atoms with Crippen LogP contribution in [0.3, 0.4) is 0 Å². The molecule has 8 aromatic carbocycles. The summed E-state index contributed by atoms with van der Waals surface area (Å²) in [4.78, 5) is 0. The summed E-state index contributed by atoms with van der Waals surface area (Å²) in [6.45, 7) is 0. The van der Waals surface area contributed by atoms with E-state index in [9.17, 15) is 42.4 Å². The minimum Gasteiger partial charge on any atom is -0.508 e. The van der Waals surface area contributed by atoms with Crippen molar-refractivity contribution in [1.82, 2.24) is 0 Å². The zero-order valence-corrected chi connectivity index (χ0v) is 31.6. The van der Waals surface area contributed by atoms with E-state index in [2.05, 4.69) is 6.07 Å². The Morgan fingerprint density at radius 2 is 0.767 bits per heavy atom. The molecule has 300 valence electrons. The van der Waals surface area contributed by atoms with Crippen molar-refractivity contribution < 1.29 is 42.4 Å². The molecule has 60 heavy (non-hydrogen) atoms. The summed E-state index contributed by atoms with van der Waals surface area (Å²) >= 11 is 0. The Hall–Kier alpha value is -7.90. The van der Waals surface area contributed by atoms with Gasteiger partial charge in [-0.2, -0.15) is 18.4 Å². The van der Waals surface area contributed by atoms with E-state index in [1.165, 1.54) is 60.7 Å². The highest BCUT2D eigenvalue weighted by atomic mass is 19.4. The second-order valence-electron chi connectivity index (χ2n) is 12.9. The van der Waals surface area contributed by atoms with Crippen LogP contribution in [0.5, 0.6) is 23.0 Å². The van der Waals surface area contributed by atoms with Crippen molar-refractivity contribution in [3.63, 3.8) is 0 Å². The lowest BCUT2D eigenvalue weighted by Gasteiger charge is -2.12. The fraction of sp³-hybridized carbons (Fsp3) is 0.0200. The number of phenols is 4. The predicted molar refractivity (Wildman–Crippen MR) is 224 cm³/mol. The van der Waals surface area contributed by atoms with Gasteiger partial charge in [-0.05, 0) is 124 Å². The quantitative estimate of drug-likeness (QED) is 0.133. The van der Waals surface area contributed by atoms with Crippen molar-refractivity contribution in [2.45, 2.75) is 6.18 Å². The minimum absolute atomic E-state index is 0.0560. The molecule has 0 spiro atoms. The van der Waals surface area contributed by atoms with Gasteiger partial charge in [-0.15, -0.1) is 0 Å². The third kappa shape index (κ3) is 12.6. The first kappa shape index (κ1) is 43.2. The number of nitrogens with zero attached hydrogens (tertiary/aromatic N) is 1. The van der Waals surface area contributed by atoms with Crippen LogP contribution in [-0.2, 0) is 6.18 Å². The SMILES string of the molecule is N#Cc1cccc(-c2cccc(O)c2)c1.Oc1cccc(-c2cccc(F)c2)c1.Oc1cccc(-c2ccccc2C(F)(F)F)c1.Oc1cccc(-c2ccccc2F)c1. The lowest BCUT2D eigenvalue weighted by Crippen LogP contribution is -2.06. The highest BCUT2D eigenvalue weighted by Gasteiger charge is 2.33. The number of halogens is 5. The third-order valence-corrected chi connectivity index (χ3v) is 8.60. The Bertz CT molecular complexity index is 2670. The number of aromatic hydroxyl groups is 4. The number of alkyl halides is 3. The van der Waals surface area contributed by atoms with Crippen LogP contribution in [0.15, 0.2) is 194 Å². The fourth-order valence-corrected chi connectivity index (χ4v) is 5.83. The molecule has 0 unspecified atom stereocenters. The molecule has 8 aromatic rings. The van der Waals surface area contributed by atoms with E-state index in [1.54, 1.807) is 103 Å². The van der Waals surface area contributed by atoms with Crippen LogP contribution in [0.1, 0.15) is 11.1 Å². The number of hydrogen-bond donors (Lipinski definition) is 4. The summed E-state index contributed by atoms with van der Waals surface area (Å²) in [5.74, 6) is -0.0456. The third-order valence-electron chi connectivity index (χ3n) is 8.60. The summed E-state index contributed by atoms with van der Waals surface area (Å²) in [5, 5.41) is 45.9. The van der Waals surface area contributed by atoms with E-state index in [0.717, 1.165) is 28.3 Å². The van der Waals surface area contributed by atoms with Gasteiger partial charge in [0.05, 0.1) is 17.2 Å². The van der Waals surface area contributed by atoms with E-state index in [1.807, 2.05) is 24.3 Å². The molecule has 0 amide bonds. The highest BCUT2D eigenvalue weighted by Crippen LogP contribution is 2.37. The van der Waals surface area contributed by atoms with E-state index in [-0.39, 0.29) is 40.2 Å². The van der Waals surface area contributed by atoms with Gasteiger partial charge >= 0.3 is 6.18 Å². The van der Waals surface area contributed by atoms with Crippen LogP contribution >= 0.6 is 0 Å². The molecule has 4 N–H and O–H groups in total. The van der Waals surface area contributed by atoms with Crippen molar-refractivity contribution in [3.05, 3.63) is 217 Å². The van der Waals surface area contributed by atoms with Gasteiger partial charge in [-0.1, -0.05) is 109 Å². The summed E-state index contributed by atoms with van der Waals surface area (Å²) in [7, 11) is 0. The summed E-state index contributed by atoms with van der Waals surface area (Å²) < 4.78 is 64.5. The van der Waals surface area contributed by atoms with Crippen molar-refractivity contribution >= 4 is 0 Å². The van der Waals surface area contributed by atoms with Crippen LogP contribution in [-0.4, -0.2) is 20.4 Å². The van der Waals surface area contributed by atoms with Crippen LogP contribution in [0.2, 0.25) is 0 Å². The average molecular weight is 810 g/mol. The molecule has 0 saturated carbocycles. The molecule has 0 aromatic heterocycles. The molecule has 0 radical (unpaired) electrons. The fourth-order valence-electron chi connectivity index (χ4n) is 5.83. The van der Waals surface area contributed by atoms with Gasteiger partial charge in [0.1, 0.15) is 34.6 Å². The summed E-state index contributed by atoms with van der Waals surface area (Å²) in [6, 6.07) is 53.5. The van der Waals surface area contributed by atoms with Gasteiger partial charge in [0.15, 0.2) is 0 Å². The first-order valence-corrected chi connectivity index (χ1v) is 18.1. The highest BCUT2D eigenvalue weighted by molar-refractivity contribution is 5.70. The molecular weight excluding hydrogens is 774 g/mol. The van der Waals surface area contributed by atoms with Gasteiger partial charge in [0.2, 0.25) is 0 Å². The van der Waals surface area contributed by atoms with E-state index < -0.39 is 11.7 Å². The van der Waals surface area contributed by atoms with E-state index in [4.69, 9.17) is 5.26 Å². The molecule has 0 aliphatic carbocycles. The Kier molecular flexibility index (Phi) is 14.8. The molecule has 5 nitrogen and oxygen atoms in total. The minimum atomic E-state index is -4.40. The monoisotopic (exact) mass is 809 g/mol. The summed E-state index contributed by atoms with van der Waals surface area (Å²) in [5.41, 5.74) is 4.93. The topological polar surface area (TPSA) is 105 Å². The Balaban J connectivity index is 0.000000152. The maximum Gasteiger partial charge on any atom is 0.417 e. The van der Waals surface area contributed by atoms with Crippen LogP contribution in [0, 0.1) is 23.0 Å². The van der Waals surface area contributed by atoms with Crippen LogP contribution < -0.4 is 0 Å². The van der Waals surface area contributed by atoms with Gasteiger partial charge in [0, 0.05) is 5.56 Å². The predicted octanol–water partition coefficient (Wildman–Crippen LogP) is 13.4. The molecule has 8 rings (SSSR count). The maximum atomic E-state index is 13.3. The van der Waals surface area contributed by atoms with Gasteiger partial charge < -0.3 is 20.4 Å². The van der Waals surface area contributed by atoms with E-state index >= 15 is 0 Å². The number of phenolic OH excluding ortho intramolecular Hbond substituents is 4. The Morgan fingerprint density at radius 1 is 0.383 bits per heavy atom. The first-order valence-electron chi connectivity index (χ1n) is 18.1. The first-order chi connectivity index (χ1) is 28.8.